The quantitative estimate of drug-likeness (QED) is 0.365. The van der Waals surface area contributed by atoms with Crippen molar-refractivity contribution in [1.82, 2.24) is 14.6 Å². The second kappa shape index (κ2) is 12.3. The Morgan fingerprint density at radius 1 is 1.25 bits per heavy atom. The standard InChI is InChI=1S/C18H20BFN6.C3H7F.C2H6/c1-10-7-11(5-6-13(10)24-22-4)15-12(20)9-26-16(15)14(8-18(2,3)19)23-17(21)25-26;1-2-3-4;1-2/h5-7,9H,8H2,1-4H3,(H2,21,25);2-3H2,1H3;1-2H3. The minimum Gasteiger partial charge on any atom is -0.367 e. The van der Waals surface area contributed by atoms with E-state index < -0.39 is 11.1 Å². The van der Waals surface area contributed by atoms with Gasteiger partial charge in [0.25, 0.3) is 0 Å². The molecule has 0 aliphatic heterocycles. The van der Waals surface area contributed by atoms with Gasteiger partial charge in [-0.3, -0.25) is 4.39 Å². The van der Waals surface area contributed by atoms with Crippen LogP contribution in [0.25, 0.3) is 16.6 Å². The Hall–Kier alpha value is -2.84. The van der Waals surface area contributed by atoms with Crippen LogP contribution in [-0.4, -0.2) is 36.2 Å². The third-order valence-corrected chi connectivity index (χ3v) is 4.18. The van der Waals surface area contributed by atoms with Crippen LogP contribution in [0.5, 0.6) is 0 Å². The summed E-state index contributed by atoms with van der Waals surface area (Å²) >= 11 is 0. The number of aromatic nitrogens is 3. The van der Waals surface area contributed by atoms with Gasteiger partial charge in [0.15, 0.2) is 5.82 Å². The van der Waals surface area contributed by atoms with Gasteiger partial charge in [0, 0.05) is 12.6 Å². The van der Waals surface area contributed by atoms with Crippen LogP contribution in [0.4, 0.5) is 20.4 Å². The lowest BCUT2D eigenvalue weighted by molar-refractivity contribution is 0.487. The number of nitrogens with two attached hydrogens (primary N) is 1. The lowest BCUT2D eigenvalue weighted by Gasteiger charge is -2.19. The van der Waals surface area contributed by atoms with Gasteiger partial charge in [0.05, 0.1) is 37.6 Å². The monoisotopic (exact) mass is 442 g/mol. The number of azo groups is 1. The van der Waals surface area contributed by atoms with Crippen molar-refractivity contribution in [1.29, 1.82) is 0 Å². The number of nitrogen functional groups attached to an aromatic ring is 1. The van der Waals surface area contributed by atoms with E-state index in [1.165, 1.54) is 10.7 Å². The number of benzene rings is 1. The zero-order valence-corrected chi connectivity index (χ0v) is 20.1. The third-order valence-electron chi connectivity index (χ3n) is 4.18. The zero-order valence-electron chi connectivity index (χ0n) is 20.1. The highest BCUT2D eigenvalue weighted by Crippen LogP contribution is 2.36. The Kier molecular flexibility index (Phi) is 10.4. The molecule has 0 saturated carbocycles. The minimum absolute atomic E-state index is 0.0770. The molecule has 6 nitrogen and oxygen atoms in total. The summed E-state index contributed by atoms with van der Waals surface area (Å²) in [6.45, 7) is 11.3. The summed E-state index contributed by atoms with van der Waals surface area (Å²) in [5, 5.41) is 11.4. The Morgan fingerprint density at radius 3 is 2.38 bits per heavy atom. The van der Waals surface area contributed by atoms with Crippen molar-refractivity contribution in [3.8, 4) is 11.1 Å². The number of nitrogens with zero attached hydrogens (tertiary/aromatic N) is 5. The first kappa shape index (κ1) is 27.2. The SMILES string of the molecule is CC.CCCF.[B]C(C)(C)Cc1nc(N)nn2cc(F)c(-c3ccc(N=NC)c(C)c3)c12. The molecule has 2 N–H and O–H groups in total. The average molecular weight is 442 g/mol. The fraction of sp³-hybridized carbons (Fsp3) is 0.478. The van der Waals surface area contributed by atoms with Crippen LogP contribution in [0, 0.1) is 12.7 Å². The van der Waals surface area contributed by atoms with Crippen molar-refractivity contribution >= 4 is 25.0 Å². The molecule has 0 saturated heterocycles. The molecule has 3 aromatic rings. The van der Waals surface area contributed by atoms with Crippen LogP contribution in [0.2, 0.25) is 5.31 Å². The second-order valence-electron chi connectivity index (χ2n) is 7.72. The van der Waals surface area contributed by atoms with E-state index in [0.717, 1.165) is 11.3 Å². The van der Waals surface area contributed by atoms with E-state index in [0.29, 0.717) is 35.2 Å². The molecule has 172 valence electrons. The highest BCUT2D eigenvalue weighted by molar-refractivity contribution is 6.14. The maximum absolute atomic E-state index is 14.8. The molecule has 2 heterocycles. The van der Waals surface area contributed by atoms with Gasteiger partial charge in [-0.2, -0.15) is 10.2 Å². The number of anilines is 1. The molecule has 0 fully saturated rings. The lowest BCUT2D eigenvalue weighted by atomic mass is 9.69. The normalized spacial score (nSPS) is 11.2. The number of rotatable bonds is 5. The van der Waals surface area contributed by atoms with Gasteiger partial charge in [0.2, 0.25) is 5.95 Å². The van der Waals surface area contributed by atoms with Crippen LogP contribution in [0.1, 0.15) is 52.3 Å². The fourth-order valence-corrected chi connectivity index (χ4v) is 3.00. The predicted octanol–water partition coefficient (Wildman–Crippen LogP) is 6.44. The van der Waals surface area contributed by atoms with Gasteiger partial charge in [0.1, 0.15) is 0 Å². The molecule has 0 amide bonds. The maximum atomic E-state index is 14.8. The van der Waals surface area contributed by atoms with Gasteiger partial charge in [-0.05, 0) is 43.0 Å². The summed E-state index contributed by atoms with van der Waals surface area (Å²) in [7, 11) is 7.76. The van der Waals surface area contributed by atoms with Crippen molar-refractivity contribution in [3.05, 3.63) is 41.5 Å². The summed E-state index contributed by atoms with van der Waals surface area (Å²) < 4.78 is 27.0. The number of alkyl halides is 1. The topological polar surface area (TPSA) is 80.9 Å². The molecule has 0 atom stereocenters. The lowest BCUT2D eigenvalue weighted by Crippen LogP contribution is -2.12. The molecule has 2 radical (unpaired) electrons. The number of hydrogen-bond acceptors (Lipinski definition) is 5. The van der Waals surface area contributed by atoms with E-state index in [2.05, 4.69) is 20.3 Å². The highest BCUT2D eigenvalue weighted by atomic mass is 19.1. The van der Waals surface area contributed by atoms with Gasteiger partial charge >= 0.3 is 0 Å². The number of aryl methyl sites for hydroxylation is 1. The zero-order chi connectivity index (χ0) is 24.5. The number of fused-ring (bicyclic) bond motifs is 1. The summed E-state index contributed by atoms with van der Waals surface area (Å²) in [5.74, 6) is -0.321. The van der Waals surface area contributed by atoms with Gasteiger partial charge in [-0.25, -0.2) is 13.9 Å². The van der Waals surface area contributed by atoms with E-state index in [4.69, 9.17) is 13.6 Å². The van der Waals surface area contributed by atoms with Crippen LogP contribution >= 0.6 is 0 Å². The van der Waals surface area contributed by atoms with Crippen LogP contribution in [0.15, 0.2) is 34.6 Å². The largest absolute Gasteiger partial charge is 0.367 e. The van der Waals surface area contributed by atoms with Crippen molar-refractivity contribution in [2.24, 2.45) is 10.2 Å². The molecule has 1 aromatic carbocycles. The Balaban J connectivity index is 0.000000769. The van der Waals surface area contributed by atoms with Crippen molar-refractivity contribution in [2.75, 3.05) is 19.5 Å². The number of halogens is 2. The molecular formula is C23H33BF2N6. The van der Waals surface area contributed by atoms with Crippen molar-refractivity contribution in [2.45, 2.75) is 59.7 Å². The second-order valence-corrected chi connectivity index (χ2v) is 7.72. The van der Waals surface area contributed by atoms with Gasteiger partial charge < -0.3 is 5.73 Å². The van der Waals surface area contributed by atoms with E-state index in [-0.39, 0.29) is 12.6 Å². The molecule has 3 rings (SSSR count). The minimum atomic E-state index is -0.527. The molecule has 0 unspecified atom stereocenters. The highest BCUT2D eigenvalue weighted by Gasteiger charge is 2.22. The van der Waals surface area contributed by atoms with Gasteiger partial charge in [-0.1, -0.05) is 46.0 Å². The van der Waals surface area contributed by atoms with Crippen molar-refractivity contribution in [3.63, 3.8) is 0 Å². The summed E-state index contributed by atoms with van der Waals surface area (Å²) in [6.07, 6.45) is 2.39. The molecule has 0 bridgehead atoms. The molecular weight excluding hydrogens is 409 g/mol. The molecule has 2 aromatic heterocycles. The molecule has 32 heavy (non-hydrogen) atoms. The van der Waals surface area contributed by atoms with Crippen molar-refractivity contribution < 1.29 is 8.78 Å². The molecule has 0 aliphatic rings. The fourth-order valence-electron chi connectivity index (χ4n) is 3.00. The smallest absolute Gasteiger partial charge is 0.238 e. The predicted molar refractivity (Wildman–Crippen MR) is 129 cm³/mol. The van der Waals surface area contributed by atoms with E-state index >= 15 is 0 Å². The summed E-state index contributed by atoms with van der Waals surface area (Å²) in [5.41, 5.74) is 9.73. The molecule has 0 aliphatic carbocycles. The van der Waals surface area contributed by atoms with Crippen LogP contribution in [-0.2, 0) is 6.42 Å². The molecule has 0 spiro atoms. The summed E-state index contributed by atoms with van der Waals surface area (Å²) in [4.78, 5) is 4.32. The Morgan fingerprint density at radius 2 is 1.88 bits per heavy atom. The Labute approximate surface area is 190 Å². The van der Waals surface area contributed by atoms with Gasteiger partial charge in [-0.15, -0.1) is 5.10 Å². The first-order chi connectivity index (χ1) is 15.1. The van der Waals surface area contributed by atoms with Crippen LogP contribution in [0.3, 0.4) is 0 Å². The van der Waals surface area contributed by atoms with Crippen LogP contribution < -0.4 is 5.73 Å². The maximum Gasteiger partial charge on any atom is 0.238 e. The van der Waals surface area contributed by atoms with E-state index in [9.17, 15) is 8.78 Å². The average Bonchev–Trinajstić information content (AvgIpc) is 3.06. The van der Waals surface area contributed by atoms with E-state index in [1.54, 1.807) is 14.0 Å². The van der Waals surface area contributed by atoms with E-state index in [1.807, 2.05) is 52.8 Å². The third kappa shape index (κ3) is 7.10. The number of hydrogen-bond donors (Lipinski definition) is 1. The molecule has 9 heteroatoms. The first-order valence-electron chi connectivity index (χ1n) is 10.7. The Bertz CT molecular complexity index is 1040. The first-order valence-corrected chi connectivity index (χ1v) is 10.7. The summed E-state index contributed by atoms with van der Waals surface area (Å²) in [6, 6.07) is 5.49.